The number of ether oxygens (including phenoxy) is 1. The molecule has 110 valence electrons. The van der Waals surface area contributed by atoms with E-state index in [2.05, 4.69) is 5.32 Å². The first kappa shape index (κ1) is 16.2. The van der Waals surface area contributed by atoms with E-state index in [0.717, 1.165) is 6.42 Å². The van der Waals surface area contributed by atoms with Gasteiger partial charge in [0.2, 0.25) is 5.91 Å². The fourth-order valence-electron chi connectivity index (χ4n) is 1.84. The molecule has 0 radical (unpaired) electrons. The van der Waals surface area contributed by atoms with Crippen molar-refractivity contribution in [3.63, 3.8) is 0 Å². The lowest BCUT2D eigenvalue weighted by molar-refractivity contribution is -0.117. The largest absolute Gasteiger partial charge is 0.462 e. The number of hydrogen-bond donors (Lipinski definition) is 2. The number of rotatable bonds is 7. The lowest BCUT2D eigenvalue weighted by atomic mass is 10.0. The minimum atomic E-state index is -0.436. The molecule has 0 saturated heterocycles. The topological polar surface area (TPSA) is 81.4 Å². The van der Waals surface area contributed by atoms with Crippen LogP contribution in [0.5, 0.6) is 0 Å². The summed E-state index contributed by atoms with van der Waals surface area (Å²) in [6, 6.07) is 6.82. The molecule has 0 aliphatic heterocycles. The number of benzene rings is 1. The van der Waals surface area contributed by atoms with Crippen LogP contribution in [0.3, 0.4) is 0 Å². The minimum Gasteiger partial charge on any atom is -0.462 e. The first-order valence-electron chi connectivity index (χ1n) is 6.88. The van der Waals surface area contributed by atoms with Crippen molar-refractivity contribution >= 4 is 17.6 Å². The maximum absolute atomic E-state index is 12.0. The molecule has 1 aromatic carbocycles. The fraction of sp³-hybridized carbons (Fsp3) is 0.467. The summed E-state index contributed by atoms with van der Waals surface area (Å²) in [5.74, 6) is -0.418. The van der Waals surface area contributed by atoms with E-state index in [1.54, 1.807) is 31.2 Å². The van der Waals surface area contributed by atoms with E-state index in [1.807, 2.05) is 6.92 Å². The van der Waals surface area contributed by atoms with Gasteiger partial charge in [-0.05, 0) is 31.5 Å². The molecule has 5 nitrogen and oxygen atoms in total. The smallest absolute Gasteiger partial charge is 0.340 e. The van der Waals surface area contributed by atoms with E-state index in [9.17, 15) is 9.59 Å². The number of nitrogens with two attached hydrogens (primary N) is 1. The van der Waals surface area contributed by atoms with Crippen LogP contribution in [0.4, 0.5) is 5.69 Å². The molecule has 0 heterocycles. The summed E-state index contributed by atoms with van der Waals surface area (Å²) >= 11 is 0. The maximum atomic E-state index is 12.0. The monoisotopic (exact) mass is 278 g/mol. The predicted octanol–water partition coefficient (Wildman–Crippen LogP) is 2.18. The third-order valence-corrected chi connectivity index (χ3v) is 3.08. The van der Waals surface area contributed by atoms with Gasteiger partial charge >= 0.3 is 5.97 Å². The second-order valence-electron chi connectivity index (χ2n) is 4.53. The minimum absolute atomic E-state index is 0.140. The van der Waals surface area contributed by atoms with Crippen molar-refractivity contribution in [1.29, 1.82) is 0 Å². The van der Waals surface area contributed by atoms with Gasteiger partial charge < -0.3 is 15.8 Å². The van der Waals surface area contributed by atoms with Gasteiger partial charge in [-0.3, -0.25) is 4.79 Å². The lowest BCUT2D eigenvalue weighted by Gasteiger charge is -2.13. The summed E-state index contributed by atoms with van der Waals surface area (Å²) in [4.78, 5) is 23.7. The molecule has 0 aliphatic rings. The summed E-state index contributed by atoms with van der Waals surface area (Å²) in [6.45, 7) is 4.51. The van der Waals surface area contributed by atoms with Crippen molar-refractivity contribution in [2.75, 3.05) is 18.5 Å². The molecule has 0 saturated carbocycles. The number of nitrogens with one attached hydrogen (secondary N) is 1. The molecule has 1 atom stereocenters. The Kier molecular flexibility index (Phi) is 6.73. The van der Waals surface area contributed by atoms with Gasteiger partial charge in [0.05, 0.1) is 17.9 Å². The van der Waals surface area contributed by atoms with Crippen molar-refractivity contribution < 1.29 is 14.3 Å². The highest BCUT2D eigenvalue weighted by molar-refractivity contribution is 6.01. The SMILES string of the molecule is CCOC(=O)c1ccccc1NC(=O)CC(CC)CN. The zero-order chi connectivity index (χ0) is 15.0. The van der Waals surface area contributed by atoms with Crippen molar-refractivity contribution in [3.8, 4) is 0 Å². The van der Waals surface area contributed by atoms with Crippen LogP contribution in [-0.4, -0.2) is 25.0 Å². The first-order valence-corrected chi connectivity index (χ1v) is 6.88. The molecule has 0 bridgehead atoms. The molecular formula is C15H22N2O3. The van der Waals surface area contributed by atoms with E-state index in [4.69, 9.17) is 10.5 Å². The van der Waals surface area contributed by atoms with Crippen LogP contribution >= 0.6 is 0 Å². The Hall–Kier alpha value is -1.88. The summed E-state index contributed by atoms with van der Waals surface area (Å²) in [5, 5.41) is 2.75. The van der Waals surface area contributed by atoms with E-state index in [1.165, 1.54) is 0 Å². The molecule has 0 aliphatic carbocycles. The highest BCUT2D eigenvalue weighted by atomic mass is 16.5. The number of para-hydroxylation sites is 1. The highest BCUT2D eigenvalue weighted by Crippen LogP contribution is 2.17. The Morgan fingerprint density at radius 3 is 2.60 bits per heavy atom. The van der Waals surface area contributed by atoms with Gasteiger partial charge in [-0.2, -0.15) is 0 Å². The standard InChI is InChI=1S/C15H22N2O3/c1-3-11(10-16)9-14(18)17-13-8-6-5-7-12(13)15(19)20-4-2/h5-8,11H,3-4,9-10,16H2,1-2H3,(H,17,18). The van der Waals surface area contributed by atoms with E-state index >= 15 is 0 Å². The average molecular weight is 278 g/mol. The molecule has 1 amide bonds. The van der Waals surface area contributed by atoms with Gasteiger partial charge in [0.25, 0.3) is 0 Å². The second kappa shape index (κ2) is 8.32. The summed E-state index contributed by atoms with van der Waals surface area (Å²) < 4.78 is 4.96. The van der Waals surface area contributed by atoms with Crippen LogP contribution in [0.25, 0.3) is 0 Å². The molecule has 1 aromatic rings. The van der Waals surface area contributed by atoms with Gasteiger partial charge in [0.1, 0.15) is 0 Å². The summed E-state index contributed by atoms with van der Waals surface area (Å²) in [7, 11) is 0. The van der Waals surface area contributed by atoms with E-state index in [-0.39, 0.29) is 11.8 Å². The second-order valence-corrected chi connectivity index (χ2v) is 4.53. The maximum Gasteiger partial charge on any atom is 0.340 e. The van der Waals surface area contributed by atoms with Crippen LogP contribution < -0.4 is 11.1 Å². The molecule has 0 spiro atoms. The molecular weight excluding hydrogens is 256 g/mol. The first-order chi connectivity index (χ1) is 9.62. The summed E-state index contributed by atoms with van der Waals surface area (Å²) in [6.07, 6.45) is 1.20. The zero-order valence-corrected chi connectivity index (χ0v) is 12.0. The average Bonchev–Trinajstić information content (AvgIpc) is 2.45. The normalized spacial score (nSPS) is 11.8. The van der Waals surface area contributed by atoms with Crippen LogP contribution in [0, 0.1) is 5.92 Å². The Bertz CT molecular complexity index is 456. The van der Waals surface area contributed by atoms with E-state index < -0.39 is 5.97 Å². The van der Waals surface area contributed by atoms with Crippen LogP contribution in [-0.2, 0) is 9.53 Å². The van der Waals surface area contributed by atoms with Gasteiger partial charge in [0, 0.05) is 6.42 Å². The van der Waals surface area contributed by atoms with Crippen LogP contribution in [0.15, 0.2) is 24.3 Å². The molecule has 20 heavy (non-hydrogen) atoms. The third kappa shape index (κ3) is 4.66. The van der Waals surface area contributed by atoms with Crippen LogP contribution in [0.2, 0.25) is 0 Å². The van der Waals surface area contributed by atoms with Crippen molar-refractivity contribution in [1.82, 2.24) is 0 Å². The Balaban J connectivity index is 2.77. The van der Waals surface area contributed by atoms with Crippen molar-refractivity contribution in [2.24, 2.45) is 11.7 Å². The van der Waals surface area contributed by atoms with Gasteiger partial charge in [-0.25, -0.2) is 4.79 Å². The predicted molar refractivity (Wildman–Crippen MR) is 78.5 cm³/mol. The van der Waals surface area contributed by atoms with Gasteiger partial charge in [-0.15, -0.1) is 0 Å². The quantitative estimate of drug-likeness (QED) is 0.749. The number of carbonyl (C=O) groups is 2. The Labute approximate surface area is 119 Å². The molecule has 0 fully saturated rings. The number of carbonyl (C=O) groups excluding carboxylic acids is 2. The Morgan fingerprint density at radius 1 is 1.30 bits per heavy atom. The highest BCUT2D eigenvalue weighted by Gasteiger charge is 2.15. The molecule has 3 N–H and O–H groups in total. The van der Waals surface area contributed by atoms with Crippen molar-refractivity contribution in [3.05, 3.63) is 29.8 Å². The number of anilines is 1. The molecule has 5 heteroatoms. The number of esters is 1. The molecule has 1 rings (SSSR count). The lowest BCUT2D eigenvalue weighted by Crippen LogP contribution is -2.22. The zero-order valence-electron chi connectivity index (χ0n) is 12.0. The number of amides is 1. The van der Waals surface area contributed by atoms with Gasteiger partial charge in [-0.1, -0.05) is 25.5 Å². The number of hydrogen-bond acceptors (Lipinski definition) is 4. The summed E-state index contributed by atoms with van der Waals surface area (Å²) in [5.41, 5.74) is 6.43. The van der Waals surface area contributed by atoms with E-state index in [0.29, 0.717) is 30.8 Å². The fourth-order valence-corrected chi connectivity index (χ4v) is 1.84. The Morgan fingerprint density at radius 2 is 2.00 bits per heavy atom. The van der Waals surface area contributed by atoms with Crippen molar-refractivity contribution in [2.45, 2.75) is 26.7 Å². The molecule has 0 aromatic heterocycles. The molecule has 1 unspecified atom stereocenters. The van der Waals surface area contributed by atoms with Gasteiger partial charge in [0.15, 0.2) is 0 Å². The third-order valence-electron chi connectivity index (χ3n) is 3.08. The van der Waals surface area contributed by atoms with Crippen LogP contribution in [0.1, 0.15) is 37.0 Å².